The van der Waals surface area contributed by atoms with Crippen molar-refractivity contribution in [2.24, 2.45) is 0 Å². The highest BCUT2D eigenvalue weighted by atomic mass is 16.5. The zero-order valence-corrected chi connectivity index (χ0v) is 8.32. The van der Waals surface area contributed by atoms with Crippen molar-refractivity contribution >= 4 is 5.97 Å². The molecule has 3 heteroatoms. The molecule has 0 fully saturated rings. The molecule has 0 N–H and O–H groups in total. The van der Waals surface area contributed by atoms with Crippen LogP contribution in [0.4, 0.5) is 0 Å². The van der Waals surface area contributed by atoms with E-state index in [0.29, 0.717) is 11.3 Å². The van der Waals surface area contributed by atoms with Crippen molar-refractivity contribution in [1.82, 2.24) is 0 Å². The Labute approximate surface area is 83.3 Å². The molecule has 0 saturated carbocycles. The minimum Gasteiger partial charge on any atom is -0.550 e. The maximum absolute atomic E-state index is 10.4. The number of rotatable bonds is 4. The summed E-state index contributed by atoms with van der Waals surface area (Å²) in [5, 5.41) is 10.4. The van der Waals surface area contributed by atoms with Gasteiger partial charge in [-0.15, -0.1) is 0 Å². The topological polar surface area (TPSA) is 49.4 Å². The van der Waals surface area contributed by atoms with E-state index in [1.807, 2.05) is 13.8 Å². The zero-order chi connectivity index (χ0) is 10.6. The monoisotopic (exact) mass is 193 g/mol. The number of carboxylic acids is 1. The lowest BCUT2D eigenvalue weighted by Crippen LogP contribution is -2.24. The van der Waals surface area contributed by atoms with Gasteiger partial charge in [-0.05, 0) is 31.5 Å². The van der Waals surface area contributed by atoms with E-state index < -0.39 is 5.97 Å². The normalized spacial score (nSPS) is 10.2. The van der Waals surface area contributed by atoms with E-state index in [2.05, 4.69) is 0 Å². The Hall–Kier alpha value is -1.51. The number of ether oxygens (including phenoxy) is 1. The summed E-state index contributed by atoms with van der Waals surface area (Å²) in [4.78, 5) is 10.4. The molecular weight excluding hydrogens is 180 g/mol. The summed E-state index contributed by atoms with van der Waals surface area (Å²) in [6, 6.07) is 7.04. The van der Waals surface area contributed by atoms with Crippen molar-refractivity contribution in [3.05, 3.63) is 29.8 Å². The summed E-state index contributed by atoms with van der Waals surface area (Å²) in [6.07, 6.45) is 0.0168. The van der Waals surface area contributed by atoms with Crippen LogP contribution in [0.15, 0.2) is 24.3 Å². The highest BCUT2D eigenvalue weighted by molar-refractivity contribution is 5.68. The molecule has 0 unspecified atom stereocenters. The van der Waals surface area contributed by atoms with Crippen LogP contribution in [0.1, 0.15) is 19.4 Å². The minimum absolute atomic E-state index is 0.0741. The number of carbonyl (C=O) groups is 1. The quantitative estimate of drug-likeness (QED) is 0.709. The zero-order valence-electron chi connectivity index (χ0n) is 8.32. The van der Waals surface area contributed by atoms with Crippen LogP contribution in [-0.2, 0) is 11.2 Å². The van der Waals surface area contributed by atoms with E-state index in [-0.39, 0.29) is 12.5 Å². The van der Waals surface area contributed by atoms with Gasteiger partial charge in [0.15, 0.2) is 0 Å². The first-order chi connectivity index (χ1) is 6.58. The Morgan fingerprint density at radius 2 is 2.21 bits per heavy atom. The van der Waals surface area contributed by atoms with Gasteiger partial charge in [0.2, 0.25) is 0 Å². The van der Waals surface area contributed by atoms with Crippen LogP contribution in [0, 0.1) is 0 Å². The predicted molar refractivity (Wildman–Crippen MR) is 50.9 cm³/mol. The van der Waals surface area contributed by atoms with Crippen LogP contribution in [0.25, 0.3) is 0 Å². The molecule has 0 radical (unpaired) electrons. The standard InChI is InChI=1S/C11H14O3/c1-8(2)14-10-5-3-4-9(6-10)7-11(12)13/h3-6,8H,7H2,1-2H3,(H,12,13)/p-1. The molecule has 0 aliphatic carbocycles. The molecule has 0 amide bonds. The van der Waals surface area contributed by atoms with Crippen LogP contribution in [0.3, 0.4) is 0 Å². The van der Waals surface area contributed by atoms with Gasteiger partial charge < -0.3 is 14.6 Å². The largest absolute Gasteiger partial charge is 0.550 e. The van der Waals surface area contributed by atoms with Crippen LogP contribution >= 0.6 is 0 Å². The van der Waals surface area contributed by atoms with E-state index >= 15 is 0 Å². The van der Waals surface area contributed by atoms with Gasteiger partial charge in [0.25, 0.3) is 0 Å². The maximum atomic E-state index is 10.4. The lowest BCUT2D eigenvalue weighted by Gasteiger charge is -2.10. The van der Waals surface area contributed by atoms with Gasteiger partial charge in [-0.25, -0.2) is 0 Å². The second-order valence-electron chi connectivity index (χ2n) is 3.36. The average molecular weight is 193 g/mol. The molecule has 0 atom stereocenters. The second-order valence-corrected chi connectivity index (χ2v) is 3.36. The Kier molecular flexibility index (Phi) is 3.51. The smallest absolute Gasteiger partial charge is 0.119 e. The summed E-state index contributed by atoms with van der Waals surface area (Å²) in [6.45, 7) is 3.84. The molecule has 1 aromatic rings. The molecule has 0 spiro atoms. The van der Waals surface area contributed by atoms with Crippen molar-refractivity contribution in [2.45, 2.75) is 26.4 Å². The van der Waals surface area contributed by atoms with Crippen LogP contribution in [0.5, 0.6) is 5.75 Å². The van der Waals surface area contributed by atoms with Crippen molar-refractivity contribution in [3.63, 3.8) is 0 Å². The first-order valence-corrected chi connectivity index (χ1v) is 4.53. The average Bonchev–Trinajstić information content (AvgIpc) is 2.01. The third kappa shape index (κ3) is 3.47. The summed E-state index contributed by atoms with van der Waals surface area (Å²) in [5.41, 5.74) is 0.697. The number of benzene rings is 1. The third-order valence-electron chi connectivity index (χ3n) is 1.62. The van der Waals surface area contributed by atoms with Gasteiger partial charge in [0, 0.05) is 12.4 Å². The van der Waals surface area contributed by atoms with Gasteiger partial charge in [-0.2, -0.15) is 0 Å². The van der Waals surface area contributed by atoms with Crippen molar-refractivity contribution in [3.8, 4) is 5.75 Å². The third-order valence-corrected chi connectivity index (χ3v) is 1.62. The number of carbonyl (C=O) groups excluding carboxylic acids is 1. The predicted octanol–water partition coefficient (Wildman–Crippen LogP) is 0.766. The molecular formula is C11H13O3-. The van der Waals surface area contributed by atoms with Crippen molar-refractivity contribution in [2.75, 3.05) is 0 Å². The van der Waals surface area contributed by atoms with E-state index in [1.54, 1.807) is 24.3 Å². The fourth-order valence-electron chi connectivity index (χ4n) is 1.17. The van der Waals surface area contributed by atoms with Crippen LogP contribution in [-0.4, -0.2) is 12.1 Å². The highest BCUT2D eigenvalue weighted by Gasteiger charge is 1.99. The van der Waals surface area contributed by atoms with Gasteiger partial charge >= 0.3 is 0 Å². The molecule has 0 aromatic heterocycles. The van der Waals surface area contributed by atoms with Gasteiger partial charge in [0.1, 0.15) is 5.75 Å². The highest BCUT2D eigenvalue weighted by Crippen LogP contribution is 2.14. The lowest BCUT2D eigenvalue weighted by atomic mass is 10.1. The molecule has 14 heavy (non-hydrogen) atoms. The number of hydrogen-bond acceptors (Lipinski definition) is 3. The van der Waals surface area contributed by atoms with E-state index in [0.717, 1.165) is 0 Å². The molecule has 0 saturated heterocycles. The van der Waals surface area contributed by atoms with Gasteiger partial charge in [0.05, 0.1) is 6.10 Å². The summed E-state index contributed by atoms with van der Waals surface area (Å²) >= 11 is 0. The second kappa shape index (κ2) is 4.65. The molecule has 1 aromatic carbocycles. The molecule has 0 aliphatic heterocycles. The Morgan fingerprint density at radius 1 is 1.50 bits per heavy atom. The first-order valence-electron chi connectivity index (χ1n) is 4.53. The fourth-order valence-corrected chi connectivity index (χ4v) is 1.17. The minimum atomic E-state index is -1.08. The summed E-state index contributed by atoms with van der Waals surface area (Å²) in [5.74, 6) is -0.384. The van der Waals surface area contributed by atoms with Crippen molar-refractivity contribution < 1.29 is 14.6 Å². The first kappa shape index (κ1) is 10.6. The van der Waals surface area contributed by atoms with Crippen molar-refractivity contribution in [1.29, 1.82) is 0 Å². The van der Waals surface area contributed by atoms with E-state index in [9.17, 15) is 9.90 Å². The SMILES string of the molecule is CC(C)Oc1cccc(CC(=O)[O-])c1. The van der Waals surface area contributed by atoms with Crippen LogP contribution < -0.4 is 9.84 Å². The number of hydrogen-bond donors (Lipinski definition) is 0. The lowest BCUT2D eigenvalue weighted by molar-refractivity contribution is -0.304. The summed E-state index contributed by atoms with van der Waals surface area (Å²) < 4.78 is 5.42. The van der Waals surface area contributed by atoms with Crippen LogP contribution in [0.2, 0.25) is 0 Å². The van der Waals surface area contributed by atoms with E-state index in [1.165, 1.54) is 0 Å². The molecule has 0 aliphatic rings. The maximum Gasteiger partial charge on any atom is 0.119 e. The number of carboxylic acid groups (broad SMARTS) is 1. The van der Waals surface area contributed by atoms with E-state index in [4.69, 9.17) is 4.74 Å². The molecule has 0 heterocycles. The molecule has 3 nitrogen and oxygen atoms in total. The number of aliphatic carboxylic acids is 1. The summed E-state index contributed by atoms with van der Waals surface area (Å²) in [7, 11) is 0. The van der Waals surface area contributed by atoms with Gasteiger partial charge in [-0.1, -0.05) is 12.1 Å². The molecule has 1 rings (SSSR count). The molecule has 76 valence electrons. The Bertz CT molecular complexity index is 318. The Balaban J connectivity index is 2.73. The Morgan fingerprint density at radius 3 is 2.79 bits per heavy atom. The van der Waals surface area contributed by atoms with Gasteiger partial charge in [-0.3, -0.25) is 0 Å². The molecule has 0 bridgehead atoms. The fraction of sp³-hybridized carbons (Fsp3) is 0.364.